The van der Waals surface area contributed by atoms with Gasteiger partial charge in [-0.3, -0.25) is 14.5 Å². The fourth-order valence-corrected chi connectivity index (χ4v) is 6.17. The molecule has 1 saturated carbocycles. The molecule has 0 radical (unpaired) electrons. The summed E-state index contributed by atoms with van der Waals surface area (Å²) in [5, 5.41) is 9.26. The second-order valence-corrected chi connectivity index (χ2v) is 9.74. The molecule has 170 valence electrons. The highest BCUT2D eigenvalue weighted by Crippen LogP contribution is 2.43. The lowest BCUT2D eigenvalue weighted by Crippen LogP contribution is -2.47. The Morgan fingerprint density at radius 2 is 1.81 bits per heavy atom. The minimum Gasteiger partial charge on any atom is -0.396 e. The lowest BCUT2D eigenvalue weighted by Gasteiger charge is -2.40. The summed E-state index contributed by atoms with van der Waals surface area (Å²) in [5.41, 5.74) is 7.30. The van der Waals surface area contributed by atoms with Gasteiger partial charge in [0, 0.05) is 43.7 Å². The lowest BCUT2D eigenvalue weighted by molar-refractivity contribution is -0.133. The Balaban J connectivity index is 1.37. The number of piperidine rings is 1. The Labute approximate surface area is 185 Å². The maximum Gasteiger partial charge on any atom is 0.248 e. The van der Waals surface area contributed by atoms with Crippen molar-refractivity contribution in [3.05, 3.63) is 35.4 Å². The Bertz CT molecular complexity index is 763. The Morgan fingerprint density at radius 1 is 1.10 bits per heavy atom. The summed E-state index contributed by atoms with van der Waals surface area (Å²) in [5.74, 6) is 0.832. The molecule has 2 heterocycles. The summed E-state index contributed by atoms with van der Waals surface area (Å²) in [6.45, 7) is 2.48. The van der Waals surface area contributed by atoms with Crippen molar-refractivity contribution in [2.45, 2.75) is 75.8 Å². The zero-order chi connectivity index (χ0) is 21.8. The van der Waals surface area contributed by atoms with Crippen LogP contribution in [0.1, 0.15) is 79.6 Å². The van der Waals surface area contributed by atoms with Gasteiger partial charge in [-0.2, -0.15) is 0 Å². The van der Waals surface area contributed by atoms with Crippen molar-refractivity contribution in [1.29, 1.82) is 0 Å². The van der Waals surface area contributed by atoms with E-state index >= 15 is 0 Å². The van der Waals surface area contributed by atoms with Crippen molar-refractivity contribution >= 4 is 11.8 Å². The number of rotatable bonds is 9. The number of hydrogen-bond donors (Lipinski definition) is 2. The van der Waals surface area contributed by atoms with Crippen LogP contribution in [0.25, 0.3) is 0 Å². The van der Waals surface area contributed by atoms with Gasteiger partial charge in [-0.15, -0.1) is 0 Å². The monoisotopic (exact) mass is 427 g/mol. The van der Waals surface area contributed by atoms with E-state index in [0.717, 1.165) is 32.5 Å². The third-order valence-corrected chi connectivity index (χ3v) is 7.79. The molecule has 3 aliphatic rings. The fourth-order valence-electron chi connectivity index (χ4n) is 6.17. The van der Waals surface area contributed by atoms with Crippen LogP contribution in [-0.2, 0) is 4.79 Å². The highest BCUT2D eigenvalue weighted by molar-refractivity contribution is 5.92. The number of primary amides is 1. The van der Waals surface area contributed by atoms with E-state index in [1.165, 1.54) is 44.1 Å². The second kappa shape index (κ2) is 10.1. The normalized spacial score (nSPS) is 26.3. The molecule has 1 aliphatic carbocycles. The Morgan fingerprint density at radius 3 is 2.45 bits per heavy atom. The maximum absolute atomic E-state index is 12.6. The average Bonchev–Trinajstić information content (AvgIpc) is 3.36. The first-order valence-electron chi connectivity index (χ1n) is 12.1. The zero-order valence-electron chi connectivity index (χ0n) is 18.5. The molecule has 2 saturated heterocycles. The van der Waals surface area contributed by atoms with Crippen LogP contribution in [0, 0.1) is 5.92 Å². The number of aliphatic hydroxyl groups excluding tert-OH is 1. The first-order chi connectivity index (χ1) is 15.0. The second-order valence-electron chi connectivity index (χ2n) is 9.74. The smallest absolute Gasteiger partial charge is 0.248 e. The fraction of sp³-hybridized carbons (Fsp3) is 0.680. The number of hydrogen-bond acceptors (Lipinski definition) is 4. The Kier molecular flexibility index (Phi) is 7.28. The molecule has 1 aromatic rings. The molecule has 4 rings (SSSR count). The molecule has 6 heteroatoms. The predicted octanol–water partition coefficient (Wildman–Crippen LogP) is 2.90. The van der Waals surface area contributed by atoms with E-state index in [2.05, 4.69) is 11.0 Å². The van der Waals surface area contributed by atoms with Crippen molar-refractivity contribution in [2.75, 3.05) is 26.2 Å². The van der Waals surface area contributed by atoms with Gasteiger partial charge in [-0.25, -0.2) is 0 Å². The number of carbonyl (C=O) groups excluding carboxylic acids is 2. The van der Waals surface area contributed by atoms with Crippen LogP contribution in [0.4, 0.5) is 0 Å². The van der Waals surface area contributed by atoms with Crippen LogP contribution in [0.5, 0.6) is 0 Å². The van der Waals surface area contributed by atoms with E-state index < -0.39 is 0 Å². The van der Waals surface area contributed by atoms with Gasteiger partial charge in [0.2, 0.25) is 11.8 Å². The van der Waals surface area contributed by atoms with Crippen molar-refractivity contribution in [2.24, 2.45) is 11.7 Å². The van der Waals surface area contributed by atoms with Crippen LogP contribution >= 0.6 is 0 Å². The molecule has 2 aliphatic heterocycles. The van der Waals surface area contributed by atoms with Gasteiger partial charge in [-0.05, 0) is 68.1 Å². The summed E-state index contributed by atoms with van der Waals surface area (Å²) in [6, 6.07) is 8.92. The molecule has 0 spiro atoms. The molecule has 1 unspecified atom stereocenters. The van der Waals surface area contributed by atoms with Gasteiger partial charge < -0.3 is 15.7 Å². The van der Waals surface area contributed by atoms with Crippen molar-refractivity contribution in [1.82, 2.24) is 9.80 Å². The molecule has 3 N–H and O–H groups in total. The molecule has 2 bridgehead atoms. The molecule has 1 aromatic carbocycles. The summed E-state index contributed by atoms with van der Waals surface area (Å²) in [7, 11) is 0. The number of aliphatic hydroxyl groups is 1. The minimum atomic E-state index is -0.364. The van der Waals surface area contributed by atoms with Gasteiger partial charge in [0.15, 0.2) is 0 Å². The SMILES string of the molecule is NC(=O)c1cccc(C2C[C@H]3CC[C@@H](C2)N3CCN(CC2CCCC2)C(=O)CCO)c1. The predicted molar refractivity (Wildman–Crippen MR) is 121 cm³/mol. The molecular formula is C25H37N3O3. The first kappa shape index (κ1) is 22.3. The molecule has 0 aromatic heterocycles. The summed E-state index contributed by atoms with van der Waals surface area (Å²) >= 11 is 0. The highest BCUT2D eigenvalue weighted by Gasteiger charge is 2.41. The maximum atomic E-state index is 12.6. The molecule has 31 heavy (non-hydrogen) atoms. The van der Waals surface area contributed by atoms with Crippen LogP contribution in [0.15, 0.2) is 24.3 Å². The van der Waals surface area contributed by atoms with Crippen molar-refractivity contribution in [3.8, 4) is 0 Å². The third kappa shape index (κ3) is 5.29. The van der Waals surface area contributed by atoms with Gasteiger partial charge in [-0.1, -0.05) is 25.0 Å². The minimum absolute atomic E-state index is 0.0684. The first-order valence-corrected chi connectivity index (χ1v) is 12.1. The number of benzene rings is 1. The zero-order valence-corrected chi connectivity index (χ0v) is 18.5. The number of nitrogens with two attached hydrogens (primary N) is 1. The highest BCUT2D eigenvalue weighted by atomic mass is 16.3. The third-order valence-electron chi connectivity index (χ3n) is 7.79. The van der Waals surface area contributed by atoms with Crippen LogP contribution in [0.3, 0.4) is 0 Å². The molecule has 6 nitrogen and oxygen atoms in total. The van der Waals surface area contributed by atoms with Crippen molar-refractivity contribution < 1.29 is 14.7 Å². The Hall–Kier alpha value is -1.92. The van der Waals surface area contributed by atoms with E-state index in [4.69, 9.17) is 5.73 Å². The van der Waals surface area contributed by atoms with Crippen LogP contribution < -0.4 is 5.73 Å². The summed E-state index contributed by atoms with van der Waals surface area (Å²) in [4.78, 5) is 28.8. The average molecular weight is 428 g/mol. The van der Waals surface area contributed by atoms with E-state index in [1.807, 2.05) is 17.0 Å². The van der Waals surface area contributed by atoms with E-state index in [9.17, 15) is 14.7 Å². The van der Waals surface area contributed by atoms with E-state index in [0.29, 0.717) is 29.5 Å². The van der Waals surface area contributed by atoms with Gasteiger partial charge >= 0.3 is 0 Å². The van der Waals surface area contributed by atoms with Gasteiger partial charge in [0.1, 0.15) is 0 Å². The number of amides is 2. The van der Waals surface area contributed by atoms with Crippen molar-refractivity contribution in [3.63, 3.8) is 0 Å². The van der Waals surface area contributed by atoms with Gasteiger partial charge in [0.05, 0.1) is 6.61 Å². The number of nitrogens with zero attached hydrogens (tertiary/aromatic N) is 2. The van der Waals surface area contributed by atoms with Gasteiger partial charge in [0.25, 0.3) is 0 Å². The number of fused-ring (bicyclic) bond motifs is 2. The molecule has 3 atom stereocenters. The lowest BCUT2D eigenvalue weighted by atomic mass is 9.84. The summed E-state index contributed by atoms with van der Waals surface area (Å²) in [6.07, 6.45) is 9.87. The topological polar surface area (TPSA) is 86.9 Å². The van der Waals surface area contributed by atoms with Crippen LogP contribution in [-0.4, -0.2) is 65.0 Å². The molecular weight excluding hydrogens is 390 g/mol. The van der Waals surface area contributed by atoms with E-state index in [1.54, 1.807) is 6.07 Å². The molecule has 2 amide bonds. The standard InChI is InChI=1S/C25H37N3O3/c26-25(31)20-7-3-6-19(14-20)21-15-22-8-9-23(16-21)28(22)12-11-27(24(30)10-13-29)17-18-4-1-2-5-18/h3,6-7,14,18,21-23,29H,1-2,4-5,8-13,15-17H2,(H2,26,31)/t21?,22-,23+. The van der Waals surface area contributed by atoms with Crippen LogP contribution in [0.2, 0.25) is 0 Å². The quantitative estimate of drug-likeness (QED) is 0.634. The summed E-state index contributed by atoms with van der Waals surface area (Å²) < 4.78 is 0. The largest absolute Gasteiger partial charge is 0.396 e. The number of carbonyl (C=O) groups is 2. The van der Waals surface area contributed by atoms with E-state index in [-0.39, 0.29) is 24.8 Å². The molecule has 3 fully saturated rings.